The van der Waals surface area contributed by atoms with Gasteiger partial charge in [0.1, 0.15) is 5.75 Å². The Morgan fingerprint density at radius 3 is 2.57 bits per heavy atom. The molecule has 0 aliphatic carbocycles. The van der Waals surface area contributed by atoms with Crippen LogP contribution < -0.4 is 10.5 Å². The van der Waals surface area contributed by atoms with E-state index >= 15 is 0 Å². The number of para-hydroxylation sites is 2. The quantitative estimate of drug-likeness (QED) is 0.582. The van der Waals surface area contributed by atoms with Crippen molar-refractivity contribution in [1.82, 2.24) is 0 Å². The van der Waals surface area contributed by atoms with Crippen molar-refractivity contribution >= 4 is 17.6 Å². The fourth-order valence-electron chi connectivity index (χ4n) is 1.66. The molecule has 2 N–H and O–H groups in total. The molecule has 0 radical (unpaired) electrons. The van der Waals surface area contributed by atoms with Crippen molar-refractivity contribution in [2.45, 2.75) is 32.8 Å². The molecule has 6 heteroatoms. The van der Waals surface area contributed by atoms with E-state index in [4.69, 9.17) is 19.9 Å². The predicted molar refractivity (Wildman–Crippen MR) is 77.8 cm³/mol. The van der Waals surface area contributed by atoms with E-state index in [2.05, 4.69) is 0 Å². The number of nitrogens with two attached hydrogens (primary N) is 1. The SMILES string of the molecule is CCCC(OC(=O)COc1ccccc1N)C(=O)OCC. The zero-order chi connectivity index (χ0) is 15.7. The number of benzene rings is 1. The first-order chi connectivity index (χ1) is 10.1. The first kappa shape index (κ1) is 16.8. The van der Waals surface area contributed by atoms with Crippen molar-refractivity contribution in [3.8, 4) is 5.75 Å². The Hall–Kier alpha value is -2.24. The number of esters is 2. The van der Waals surface area contributed by atoms with Gasteiger partial charge in [-0.2, -0.15) is 0 Å². The minimum atomic E-state index is -0.890. The highest BCUT2D eigenvalue weighted by atomic mass is 16.6. The zero-order valence-corrected chi connectivity index (χ0v) is 12.3. The maximum Gasteiger partial charge on any atom is 0.347 e. The Kier molecular flexibility index (Phi) is 7.08. The molecule has 0 aliphatic heterocycles. The van der Waals surface area contributed by atoms with E-state index in [0.29, 0.717) is 24.3 Å². The molecule has 1 rings (SSSR count). The Morgan fingerprint density at radius 1 is 1.24 bits per heavy atom. The van der Waals surface area contributed by atoms with Crippen LogP contribution in [0.1, 0.15) is 26.7 Å². The molecule has 0 aromatic heterocycles. The first-order valence-corrected chi connectivity index (χ1v) is 6.91. The number of ether oxygens (including phenoxy) is 3. The van der Waals surface area contributed by atoms with Crippen LogP contribution in [0.2, 0.25) is 0 Å². The third-order valence-electron chi connectivity index (χ3n) is 2.64. The Balaban J connectivity index is 2.50. The number of rotatable bonds is 8. The molecule has 1 atom stereocenters. The molecule has 0 heterocycles. The maximum absolute atomic E-state index is 11.7. The van der Waals surface area contributed by atoms with Crippen LogP contribution in [-0.4, -0.2) is 31.3 Å². The molecule has 0 fully saturated rings. The second-order valence-electron chi connectivity index (χ2n) is 4.35. The molecule has 0 aliphatic rings. The minimum Gasteiger partial charge on any atom is -0.480 e. The van der Waals surface area contributed by atoms with Gasteiger partial charge in [0.15, 0.2) is 12.7 Å². The molecule has 0 spiro atoms. The van der Waals surface area contributed by atoms with Crippen molar-refractivity contribution in [3.63, 3.8) is 0 Å². The number of nitrogen functional groups attached to an aromatic ring is 1. The maximum atomic E-state index is 11.7. The highest BCUT2D eigenvalue weighted by Gasteiger charge is 2.23. The van der Waals surface area contributed by atoms with Crippen LogP contribution in [0.25, 0.3) is 0 Å². The molecule has 1 unspecified atom stereocenters. The van der Waals surface area contributed by atoms with E-state index in [1.807, 2.05) is 6.92 Å². The average Bonchev–Trinajstić information content (AvgIpc) is 2.46. The van der Waals surface area contributed by atoms with Gasteiger partial charge in [0.25, 0.3) is 0 Å². The fourth-order valence-corrected chi connectivity index (χ4v) is 1.66. The number of hydrogen-bond donors (Lipinski definition) is 1. The van der Waals surface area contributed by atoms with E-state index in [9.17, 15) is 9.59 Å². The molecular formula is C15H21NO5. The average molecular weight is 295 g/mol. The van der Waals surface area contributed by atoms with Gasteiger partial charge in [-0.1, -0.05) is 25.5 Å². The minimum absolute atomic E-state index is 0.244. The number of hydrogen-bond acceptors (Lipinski definition) is 6. The van der Waals surface area contributed by atoms with Gasteiger partial charge in [-0.15, -0.1) is 0 Å². The molecule has 6 nitrogen and oxygen atoms in total. The monoisotopic (exact) mass is 295 g/mol. The van der Waals surface area contributed by atoms with Crippen LogP contribution in [0.4, 0.5) is 5.69 Å². The summed E-state index contributed by atoms with van der Waals surface area (Å²) < 4.78 is 15.2. The molecule has 1 aromatic rings. The van der Waals surface area contributed by atoms with Gasteiger partial charge in [0, 0.05) is 0 Å². The van der Waals surface area contributed by atoms with Crippen LogP contribution >= 0.6 is 0 Å². The Labute approximate surface area is 124 Å². The van der Waals surface area contributed by atoms with Gasteiger partial charge < -0.3 is 19.9 Å². The van der Waals surface area contributed by atoms with Crippen LogP contribution in [-0.2, 0) is 19.1 Å². The highest BCUT2D eigenvalue weighted by molar-refractivity contribution is 5.80. The van der Waals surface area contributed by atoms with Crippen LogP contribution in [0.3, 0.4) is 0 Å². The van der Waals surface area contributed by atoms with Gasteiger partial charge in [0.2, 0.25) is 0 Å². The van der Waals surface area contributed by atoms with Gasteiger partial charge >= 0.3 is 11.9 Å². The Morgan fingerprint density at radius 2 is 1.95 bits per heavy atom. The zero-order valence-electron chi connectivity index (χ0n) is 12.3. The fraction of sp³-hybridized carbons (Fsp3) is 0.467. The van der Waals surface area contributed by atoms with Crippen molar-refractivity contribution in [2.75, 3.05) is 18.9 Å². The molecule has 0 saturated carbocycles. The third kappa shape index (κ3) is 5.72. The van der Waals surface area contributed by atoms with Gasteiger partial charge in [-0.25, -0.2) is 9.59 Å². The van der Waals surface area contributed by atoms with Crippen molar-refractivity contribution in [1.29, 1.82) is 0 Å². The second kappa shape index (κ2) is 8.84. The lowest BCUT2D eigenvalue weighted by Gasteiger charge is -2.16. The first-order valence-electron chi connectivity index (χ1n) is 6.91. The summed E-state index contributed by atoms with van der Waals surface area (Å²) in [5.41, 5.74) is 6.12. The van der Waals surface area contributed by atoms with Gasteiger partial charge in [-0.3, -0.25) is 0 Å². The summed E-state index contributed by atoms with van der Waals surface area (Å²) in [5.74, 6) is -0.769. The molecule has 0 saturated heterocycles. The lowest BCUT2D eigenvalue weighted by molar-refractivity contribution is -0.169. The van der Waals surface area contributed by atoms with Crippen LogP contribution in [0.5, 0.6) is 5.75 Å². The number of carbonyl (C=O) groups is 2. The second-order valence-corrected chi connectivity index (χ2v) is 4.35. The molecular weight excluding hydrogens is 274 g/mol. The Bertz CT molecular complexity index is 475. The highest BCUT2D eigenvalue weighted by Crippen LogP contribution is 2.19. The summed E-state index contributed by atoms with van der Waals surface area (Å²) in [4.78, 5) is 23.4. The summed E-state index contributed by atoms with van der Waals surface area (Å²) in [6, 6.07) is 6.82. The van der Waals surface area contributed by atoms with Crippen LogP contribution in [0.15, 0.2) is 24.3 Å². The smallest absolute Gasteiger partial charge is 0.347 e. The molecule has 116 valence electrons. The van der Waals surface area contributed by atoms with Crippen molar-refractivity contribution in [3.05, 3.63) is 24.3 Å². The summed E-state index contributed by atoms with van der Waals surface area (Å²) in [6.45, 7) is 3.52. The molecule has 21 heavy (non-hydrogen) atoms. The van der Waals surface area contributed by atoms with Gasteiger partial charge in [0.05, 0.1) is 12.3 Å². The van der Waals surface area contributed by atoms with E-state index in [1.165, 1.54) is 0 Å². The largest absolute Gasteiger partial charge is 0.480 e. The standard InChI is InChI=1S/C15H21NO5/c1-3-7-13(15(18)19-4-2)21-14(17)10-20-12-9-6-5-8-11(12)16/h5-6,8-9,13H,3-4,7,10,16H2,1-2H3. The van der Waals surface area contributed by atoms with Crippen LogP contribution in [0, 0.1) is 0 Å². The van der Waals surface area contributed by atoms with E-state index < -0.39 is 18.0 Å². The molecule has 0 bridgehead atoms. The lowest BCUT2D eigenvalue weighted by Crippen LogP contribution is -2.31. The third-order valence-corrected chi connectivity index (χ3v) is 2.64. The lowest BCUT2D eigenvalue weighted by atomic mass is 10.2. The summed E-state index contributed by atoms with van der Waals surface area (Å²) in [7, 11) is 0. The molecule has 1 aromatic carbocycles. The predicted octanol–water partition coefficient (Wildman–Crippen LogP) is 1.92. The summed E-state index contributed by atoms with van der Waals surface area (Å²) in [5, 5.41) is 0. The van der Waals surface area contributed by atoms with Crippen molar-refractivity contribution < 1.29 is 23.8 Å². The van der Waals surface area contributed by atoms with Gasteiger partial charge in [-0.05, 0) is 25.5 Å². The topological polar surface area (TPSA) is 87.9 Å². The summed E-state index contributed by atoms with van der Waals surface area (Å²) >= 11 is 0. The molecule has 0 amide bonds. The van der Waals surface area contributed by atoms with E-state index in [0.717, 1.165) is 0 Å². The van der Waals surface area contributed by atoms with Crippen molar-refractivity contribution in [2.24, 2.45) is 0 Å². The number of anilines is 1. The normalized spacial score (nSPS) is 11.5. The van der Waals surface area contributed by atoms with E-state index in [1.54, 1.807) is 31.2 Å². The summed E-state index contributed by atoms with van der Waals surface area (Å²) in [6.07, 6.45) is 0.223. The number of carbonyl (C=O) groups excluding carboxylic acids is 2. The van der Waals surface area contributed by atoms with E-state index in [-0.39, 0.29) is 13.2 Å².